The van der Waals surface area contributed by atoms with Crippen LogP contribution in [0.2, 0.25) is 0 Å². The van der Waals surface area contributed by atoms with Crippen molar-refractivity contribution in [1.82, 2.24) is 0 Å². The van der Waals surface area contributed by atoms with Crippen LogP contribution in [-0.2, 0) is 0 Å². The van der Waals surface area contributed by atoms with Gasteiger partial charge < -0.3 is 11.5 Å². The van der Waals surface area contributed by atoms with E-state index in [9.17, 15) is 0 Å². The molecule has 0 aliphatic heterocycles. The van der Waals surface area contributed by atoms with Crippen LogP contribution in [0.25, 0.3) is 44.5 Å². The molecule has 0 radical (unpaired) electrons. The highest BCUT2D eigenvalue weighted by Crippen LogP contribution is 2.40. The molecule has 0 aromatic heterocycles. The first-order valence-electron chi connectivity index (χ1n) is 22.8. The summed E-state index contributed by atoms with van der Waals surface area (Å²) in [6, 6.07) is 35.2. The summed E-state index contributed by atoms with van der Waals surface area (Å²) in [6.45, 7) is 16.0. The summed E-state index contributed by atoms with van der Waals surface area (Å²) in [7, 11) is 0. The third-order valence-corrected chi connectivity index (χ3v) is 12.1. The molecule has 0 aliphatic carbocycles. The van der Waals surface area contributed by atoms with Gasteiger partial charge in [0, 0.05) is 11.4 Å². The Labute approximate surface area is 347 Å². The molecule has 0 heterocycles. The topological polar surface area (TPSA) is 52.0 Å². The van der Waals surface area contributed by atoms with E-state index < -0.39 is 0 Å². The minimum Gasteiger partial charge on any atom is -0.399 e. The summed E-state index contributed by atoms with van der Waals surface area (Å²) in [4.78, 5) is 0. The lowest BCUT2D eigenvalue weighted by molar-refractivity contribution is 0.507. The maximum absolute atomic E-state index is 6.40. The van der Waals surface area contributed by atoms with Crippen molar-refractivity contribution < 1.29 is 0 Å². The van der Waals surface area contributed by atoms with Crippen LogP contribution in [0.1, 0.15) is 170 Å². The van der Waals surface area contributed by atoms with Crippen LogP contribution in [-0.4, -0.2) is 0 Å². The lowest BCUT2D eigenvalue weighted by Gasteiger charge is -2.22. The average molecular weight is 763 g/mol. The fourth-order valence-corrected chi connectivity index (χ4v) is 9.06. The minimum absolute atomic E-state index is 0.527. The number of aryl methyl sites for hydroxylation is 3. The van der Waals surface area contributed by atoms with E-state index in [1.54, 1.807) is 0 Å². The van der Waals surface area contributed by atoms with Crippen LogP contribution in [0.3, 0.4) is 0 Å². The summed E-state index contributed by atoms with van der Waals surface area (Å²) >= 11 is 0. The predicted molar refractivity (Wildman–Crippen MR) is 253 cm³/mol. The van der Waals surface area contributed by atoms with Crippen LogP contribution in [0, 0.1) is 20.8 Å². The van der Waals surface area contributed by atoms with Gasteiger partial charge in [0.25, 0.3) is 0 Å². The second-order valence-corrected chi connectivity index (χ2v) is 17.4. The van der Waals surface area contributed by atoms with Crippen molar-refractivity contribution in [1.29, 1.82) is 0 Å². The molecule has 5 rings (SSSR count). The molecule has 0 amide bonds. The number of unbranched alkanes of at least 4 members (excludes halogenated alkanes) is 8. The lowest BCUT2D eigenvalue weighted by Crippen LogP contribution is -2.02. The van der Waals surface area contributed by atoms with Gasteiger partial charge in [-0.2, -0.15) is 0 Å². The zero-order valence-electron chi connectivity index (χ0n) is 36.8. The van der Waals surface area contributed by atoms with Gasteiger partial charge in [-0.1, -0.05) is 170 Å². The minimum atomic E-state index is 0.527. The summed E-state index contributed by atoms with van der Waals surface area (Å²) in [5.41, 5.74) is 31.2. The van der Waals surface area contributed by atoms with Crippen LogP contribution in [0.4, 0.5) is 11.4 Å². The van der Waals surface area contributed by atoms with Crippen LogP contribution >= 0.6 is 0 Å². The molecule has 4 N–H and O–H groups in total. The van der Waals surface area contributed by atoms with Gasteiger partial charge >= 0.3 is 0 Å². The number of hydrogen-bond donors (Lipinski definition) is 2. The zero-order valence-corrected chi connectivity index (χ0v) is 36.8. The van der Waals surface area contributed by atoms with E-state index in [-0.39, 0.29) is 0 Å². The zero-order chi connectivity index (χ0) is 40.7. The summed E-state index contributed by atoms with van der Waals surface area (Å²) < 4.78 is 0. The standard InChI is InChI=1S/C55H74N2/c1-8-12-16-20-42(21-17-13-9-2)47-30-49(44-25-39(5)24-40(6)26-44)34-50(31-47)45-27-41(7)28-46(29-45)51-32-48(43(22-18-14-10-3)23-19-15-11-4)33-52(35-51)53-36-54(56)38-55(57)37-53/h24-38,42-43H,8-23,56-57H2,1-7H3. The van der Waals surface area contributed by atoms with Crippen molar-refractivity contribution in [2.45, 2.75) is 163 Å². The molecule has 0 saturated heterocycles. The van der Waals surface area contributed by atoms with E-state index in [0.717, 1.165) is 5.56 Å². The fraction of sp³-hybridized carbons (Fsp3) is 0.455. The van der Waals surface area contributed by atoms with E-state index in [4.69, 9.17) is 11.5 Å². The lowest BCUT2D eigenvalue weighted by atomic mass is 9.83. The van der Waals surface area contributed by atoms with Gasteiger partial charge in [0.05, 0.1) is 0 Å². The smallest absolute Gasteiger partial charge is 0.0340 e. The Morgan fingerprint density at radius 2 is 0.579 bits per heavy atom. The number of anilines is 2. The predicted octanol–water partition coefficient (Wildman–Crippen LogP) is 16.9. The molecule has 5 aromatic carbocycles. The highest BCUT2D eigenvalue weighted by Gasteiger charge is 2.18. The van der Waals surface area contributed by atoms with Gasteiger partial charge in [0.15, 0.2) is 0 Å². The van der Waals surface area contributed by atoms with Crippen molar-refractivity contribution in [2.75, 3.05) is 11.5 Å². The number of hydrogen-bond acceptors (Lipinski definition) is 2. The largest absolute Gasteiger partial charge is 0.399 e. The number of nitrogen functional groups attached to an aromatic ring is 2. The molecule has 57 heavy (non-hydrogen) atoms. The molecule has 0 unspecified atom stereocenters. The van der Waals surface area contributed by atoms with Gasteiger partial charge in [-0.05, 0) is 156 Å². The SMILES string of the molecule is CCCCCC(CCCCC)c1cc(-c2cc(C)cc(C)c2)cc(-c2cc(C)cc(-c3cc(-c4cc(N)cc(N)c4)cc(C(CCCCC)CCCCC)c3)c2)c1. The molecule has 304 valence electrons. The molecule has 0 atom stereocenters. The summed E-state index contributed by atoms with van der Waals surface area (Å²) in [6.07, 6.45) is 20.3. The molecule has 0 saturated carbocycles. The van der Waals surface area contributed by atoms with Crippen LogP contribution < -0.4 is 11.5 Å². The number of benzene rings is 5. The Kier molecular flexibility index (Phi) is 16.9. The Hall–Kier alpha value is -4.30. The molecular formula is C55H74N2. The first-order chi connectivity index (χ1) is 27.6. The van der Waals surface area contributed by atoms with Crippen molar-refractivity contribution in [2.24, 2.45) is 0 Å². The second kappa shape index (κ2) is 22.0. The third kappa shape index (κ3) is 12.8. The van der Waals surface area contributed by atoms with Crippen LogP contribution in [0.15, 0.2) is 91.0 Å². The average Bonchev–Trinajstić information content (AvgIpc) is 3.18. The Bertz CT molecular complexity index is 1820. The van der Waals surface area contributed by atoms with Crippen LogP contribution in [0.5, 0.6) is 0 Å². The third-order valence-electron chi connectivity index (χ3n) is 12.1. The second-order valence-electron chi connectivity index (χ2n) is 17.4. The maximum Gasteiger partial charge on any atom is 0.0340 e. The highest BCUT2D eigenvalue weighted by molar-refractivity contribution is 5.82. The molecular weight excluding hydrogens is 689 g/mol. The van der Waals surface area contributed by atoms with E-state index in [1.165, 1.54) is 169 Å². The van der Waals surface area contributed by atoms with Crippen molar-refractivity contribution in [3.8, 4) is 44.5 Å². The summed E-state index contributed by atoms with van der Waals surface area (Å²) in [5, 5.41) is 0. The van der Waals surface area contributed by atoms with Crippen molar-refractivity contribution in [3.63, 3.8) is 0 Å². The molecule has 5 aromatic rings. The van der Waals surface area contributed by atoms with Gasteiger partial charge in [-0.25, -0.2) is 0 Å². The van der Waals surface area contributed by atoms with Gasteiger partial charge in [0.1, 0.15) is 0 Å². The fourth-order valence-electron chi connectivity index (χ4n) is 9.06. The van der Waals surface area contributed by atoms with Gasteiger partial charge in [0.2, 0.25) is 0 Å². The summed E-state index contributed by atoms with van der Waals surface area (Å²) in [5.74, 6) is 1.10. The molecule has 0 bridgehead atoms. The highest BCUT2D eigenvalue weighted by atomic mass is 14.6. The Balaban J connectivity index is 1.68. The Morgan fingerprint density at radius 3 is 0.895 bits per heavy atom. The normalized spacial score (nSPS) is 11.6. The maximum atomic E-state index is 6.40. The Morgan fingerprint density at radius 1 is 0.316 bits per heavy atom. The van der Waals surface area contributed by atoms with E-state index in [1.807, 2.05) is 6.07 Å². The number of rotatable bonds is 22. The first kappa shape index (κ1) is 43.8. The van der Waals surface area contributed by atoms with Gasteiger partial charge in [-0.15, -0.1) is 0 Å². The van der Waals surface area contributed by atoms with Crippen molar-refractivity contribution in [3.05, 3.63) is 119 Å². The number of nitrogens with two attached hydrogens (primary N) is 2. The molecule has 2 nitrogen and oxygen atoms in total. The molecule has 0 fully saturated rings. The molecule has 0 aliphatic rings. The molecule has 0 spiro atoms. The van der Waals surface area contributed by atoms with E-state index in [0.29, 0.717) is 23.2 Å². The van der Waals surface area contributed by atoms with Gasteiger partial charge in [-0.3, -0.25) is 0 Å². The first-order valence-corrected chi connectivity index (χ1v) is 22.8. The van der Waals surface area contributed by atoms with E-state index >= 15 is 0 Å². The monoisotopic (exact) mass is 763 g/mol. The quantitative estimate of drug-likeness (QED) is 0.0545. The molecule has 2 heteroatoms. The van der Waals surface area contributed by atoms with Crippen molar-refractivity contribution >= 4 is 11.4 Å². The van der Waals surface area contributed by atoms with E-state index in [2.05, 4.69) is 133 Å².